The molecule has 1 saturated carbocycles. The summed E-state index contributed by atoms with van der Waals surface area (Å²) in [6.07, 6.45) is 4.43. The average Bonchev–Trinajstić information content (AvgIpc) is 2.42. The summed E-state index contributed by atoms with van der Waals surface area (Å²) in [6, 6.07) is 0. The third-order valence-electron chi connectivity index (χ3n) is 4.63. The topological polar surface area (TPSA) is 61.7 Å². The van der Waals surface area contributed by atoms with Gasteiger partial charge >= 0.3 is 0 Å². The molecule has 0 aliphatic heterocycles. The number of ether oxygens (including phenoxy) is 1. The molecule has 3 N–H and O–H groups in total. The lowest BCUT2D eigenvalue weighted by atomic mass is 9.72. The van der Waals surface area contributed by atoms with Crippen molar-refractivity contribution in [1.29, 1.82) is 0 Å². The van der Waals surface area contributed by atoms with Crippen LogP contribution in [0.5, 0.6) is 0 Å². The minimum atomic E-state index is -0.517. The molecule has 0 bridgehead atoms. The van der Waals surface area contributed by atoms with Crippen LogP contribution in [0.25, 0.3) is 0 Å². The normalized spacial score (nSPS) is 25.9. The van der Waals surface area contributed by atoms with Crippen molar-refractivity contribution in [1.82, 2.24) is 5.32 Å². The van der Waals surface area contributed by atoms with Crippen molar-refractivity contribution < 1.29 is 14.9 Å². The van der Waals surface area contributed by atoms with Crippen molar-refractivity contribution in [2.24, 2.45) is 11.3 Å². The van der Waals surface area contributed by atoms with Gasteiger partial charge in [-0.3, -0.25) is 0 Å². The van der Waals surface area contributed by atoms with Gasteiger partial charge in [-0.15, -0.1) is 0 Å². The van der Waals surface area contributed by atoms with Gasteiger partial charge in [-0.25, -0.2) is 0 Å². The third-order valence-corrected chi connectivity index (χ3v) is 4.63. The standard InChI is InChI=1S/C17H35NO3/c1-16(2,3)13-6-8-15(9-7-13)21-11-14(20)10-18-17(4,5)12-19/h13-15,18-20H,6-12H2,1-5H3/t13?,14-,15?/m1/s1. The average molecular weight is 301 g/mol. The van der Waals surface area contributed by atoms with E-state index in [0.717, 1.165) is 18.8 Å². The molecule has 1 aliphatic carbocycles. The quantitative estimate of drug-likeness (QED) is 0.675. The van der Waals surface area contributed by atoms with Gasteiger partial charge in [0.2, 0.25) is 0 Å². The summed E-state index contributed by atoms with van der Waals surface area (Å²) in [5.74, 6) is 0.786. The molecule has 1 atom stereocenters. The Hall–Kier alpha value is -0.160. The van der Waals surface area contributed by atoms with Gasteiger partial charge in [-0.2, -0.15) is 0 Å². The van der Waals surface area contributed by atoms with Gasteiger partial charge in [0.1, 0.15) is 0 Å². The Bertz CT molecular complexity index is 291. The molecule has 4 nitrogen and oxygen atoms in total. The molecule has 0 amide bonds. The molecule has 0 aromatic rings. The second-order valence-corrected chi connectivity index (χ2v) is 8.25. The van der Waals surface area contributed by atoms with Crippen LogP contribution in [-0.4, -0.2) is 47.7 Å². The Kier molecular flexibility index (Phi) is 7.11. The molecule has 0 spiro atoms. The van der Waals surface area contributed by atoms with Gasteiger partial charge in [0.25, 0.3) is 0 Å². The highest BCUT2D eigenvalue weighted by Crippen LogP contribution is 2.38. The largest absolute Gasteiger partial charge is 0.394 e. The number of aliphatic hydroxyl groups excluding tert-OH is 2. The summed E-state index contributed by atoms with van der Waals surface area (Å²) in [6.45, 7) is 11.6. The molecule has 126 valence electrons. The van der Waals surface area contributed by atoms with E-state index in [1.54, 1.807) is 0 Å². The van der Waals surface area contributed by atoms with E-state index in [2.05, 4.69) is 26.1 Å². The molecule has 1 rings (SSSR count). The van der Waals surface area contributed by atoms with E-state index in [1.165, 1.54) is 12.8 Å². The minimum Gasteiger partial charge on any atom is -0.394 e. The molecule has 21 heavy (non-hydrogen) atoms. The number of rotatable bonds is 7. The van der Waals surface area contributed by atoms with Crippen LogP contribution in [-0.2, 0) is 4.74 Å². The lowest BCUT2D eigenvalue weighted by Crippen LogP contribution is -2.47. The van der Waals surface area contributed by atoms with Crippen LogP contribution in [0.1, 0.15) is 60.3 Å². The lowest BCUT2D eigenvalue weighted by molar-refractivity contribution is -0.0378. The number of β-amino-alcohol motifs (C(OH)–C–C–N with tert-alkyl or cyclic N) is 1. The predicted molar refractivity (Wildman–Crippen MR) is 86.3 cm³/mol. The van der Waals surface area contributed by atoms with Crippen LogP contribution in [0, 0.1) is 11.3 Å². The zero-order chi connectivity index (χ0) is 16.1. The van der Waals surface area contributed by atoms with Crippen LogP contribution >= 0.6 is 0 Å². The van der Waals surface area contributed by atoms with Gasteiger partial charge in [-0.1, -0.05) is 20.8 Å². The van der Waals surface area contributed by atoms with Gasteiger partial charge in [0.05, 0.1) is 25.4 Å². The maximum Gasteiger partial charge on any atom is 0.0898 e. The Morgan fingerprint density at radius 2 is 1.67 bits per heavy atom. The molecule has 1 fully saturated rings. The fraction of sp³-hybridized carbons (Fsp3) is 1.00. The molecule has 0 radical (unpaired) electrons. The lowest BCUT2D eigenvalue weighted by Gasteiger charge is -2.37. The molecule has 0 saturated heterocycles. The van der Waals surface area contributed by atoms with Gasteiger partial charge in [0.15, 0.2) is 0 Å². The number of aliphatic hydroxyl groups is 2. The highest BCUT2D eigenvalue weighted by Gasteiger charge is 2.30. The Balaban J connectivity index is 2.19. The summed E-state index contributed by atoms with van der Waals surface area (Å²) >= 11 is 0. The van der Waals surface area contributed by atoms with Gasteiger partial charge < -0.3 is 20.3 Å². The fourth-order valence-corrected chi connectivity index (χ4v) is 2.85. The van der Waals surface area contributed by atoms with Crippen molar-refractivity contribution in [2.75, 3.05) is 19.8 Å². The molecular weight excluding hydrogens is 266 g/mol. The summed E-state index contributed by atoms with van der Waals surface area (Å²) in [4.78, 5) is 0. The van der Waals surface area contributed by atoms with Crippen LogP contribution < -0.4 is 5.32 Å². The smallest absolute Gasteiger partial charge is 0.0898 e. The molecule has 0 unspecified atom stereocenters. The maximum absolute atomic E-state index is 9.95. The van der Waals surface area contributed by atoms with Crippen molar-refractivity contribution in [3.8, 4) is 0 Å². The van der Waals surface area contributed by atoms with Crippen molar-refractivity contribution in [2.45, 2.75) is 78.0 Å². The van der Waals surface area contributed by atoms with Crippen LogP contribution in [0.15, 0.2) is 0 Å². The van der Waals surface area contributed by atoms with Crippen LogP contribution in [0.3, 0.4) is 0 Å². The van der Waals surface area contributed by atoms with E-state index in [1.807, 2.05) is 13.8 Å². The molecule has 0 aromatic carbocycles. The van der Waals surface area contributed by atoms with E-state index in [4.69, 9.17) is 9.84 Å². The van der Waals surface area contributed by atoms with Gasteiger partial charge in [0, 0.05) is 12.1 Å². The van der Waals surface area contributed by atoms with Crippen molar-refractivity contribution in [3.63, 3.8) is 0 Å². The highest BCUT2D eigenvalue weighted by molar-refractivity contribution is 4.81. The molecule has 0 aromatic heterocycles. The summed E-state index contributed by atoms with van der Waals surface area (Å²) < 4.78 is 5.85. The second kappa shape index (κ2) is 7.91. The molecule has 0 heterocycles. The third kappa shape index (κ3) is 7.09. The van der Waals surface area contributed by atoms with E-state index < -0.39 is 6.10 Å². The van der Waals surface area contributed by atoms with Crippen molar-refractivity contribution >= 4 is 0 Å². The van der Waals surface area contributed by atoms with E-state index in [9.17, 15) is 5.11 Å². The van der Waals surface area contributed by atoms with E-state index in [-0.39, 0.29) is 12.1 Å². The summed E-state index contributed by atoms with van der Waals surface area (Å²) in [7, 11) is 0. The first-order valence-electron chi connectivity index (χ1n) is 8.29. The Morgan fingerprint density at radius 3 is 2.14 bits per heavy atom. The number of hydrogen-bond acceptors (Lipinski definition) is 4. The fourth-order valence-electron chi connectivity index (χ4n) is 2.85. The first-order chi connectivity index (χ1) is 9.64. The van der Waals surface area contributed by atoms with E-state index >= 15 is 0 Å². The second-order valence-electron chi connectivity index (χ2n) is 8.25. The Labute approximate surface area is 130 Å². The number of nitrogens with one attached hydrogen (secondary N) is 1. The molecular formula is C17H35NO3. The Morgan fingerprint density at radius 1 is 1.10 bits per heavy atom. The SMILES string of the molecule is CC(C)(CO)NC[C@@H](O)COC1CCC(C(C)(C)C)CC1. The maximum atomic E-state index is 9.95. The van der Waals surface area contributed by atoms with Gasteiger partial charge in [-0.05, 0) is 50.9 Å². The van der Waals surface area contributed by atoms with Crippen molar-refractivity contribution in [3.05, 3.63) is 0 Å². The van der Waals surface area contributed by atoms with Crippen LogP contribution in [0.2, 0.25) is 0 Å². The molecule has 1 aliphatic rings. The molecule has 4 heteroatoms. The minimum absolute atomic E-state index is 0.0530. The zero-order valence-electron chi connectivity index (χ0n) is 14.5. The monoisotopic (exact) mass is 301 g/mol. The van der Waals surface area contributed by atoms with Crippen LogP contribution in [0.4, 0.5) is 0 Å². The van der Waals surface area contributed by atoms with E-state index in [0.29, 0.717) is 24.7 Å². The first-order valence-corrected chi connectivity index (χ1v) is 8.29. The highest BCUT2D eigenvalue weighted by atomic mass is 16.5. The predicted octanol–water partition coefficient (Wildman–Crippen LogP) is 2.33. The first kappa shape index (κ1) is 18.9. The number of hydrogen-bond donors (Lipinski definition) is 3. The summed E-state index contributed by atoms with van der Waals surface area (Å²) in [5, 5.41) is 22.2. The zero-order valence-corrected chi connectivity index (χ0v) is 14.5. The summed E-state index contributed by atoms with van der Waals surface area (Å²) in [5.41, 5.74) is 0.0377.